The minimum atomic E-state index is -2.68. The van der Waals surface area contributed by atoms with Crippen LogP contribution in [0.1, 0.15) is 40.3 Å². The maximum Gasteiger partial charge on any atom is 0.395 e. The molecular weight excluding hydrogens is 512 g/mol. The van der Waals surface area contributed by atoms with Crippen LogP contribution in [-0.2, 0) is 14.3 Å². The Balaban J connectivity index is 1.69. The number of para-hydroxylation sites is 2. The molecule has 37 heavy (non-hydrogen) atoms. The Bertz CT molecular complexity index is 1250. The average Bonchev–Trinajstić information content (AvgIpc) is 3.06. The van der Waals surface area contributed by atoms with Gasteiger partial charge >= 0.3 is 19.8 Å². The van der Waals surface area contributed by atoms with E-state index in [-0.39, 0.29) is 24.2 Å². The van der Waals surface area contributed by atoms with E-state index >= 15 is 4.39 Å². The number of esters is 1. The molecule has 2 N–H and O–H groups in total. The fourth-order valence-electron chi connectivity index (χ4n) is 3.46. The van der Waals surface area contributed by atoms with Crippen LogP contribution in [0.25, 0.3) is 0 Å². The number of rotatable bonds is 10. The SMILES string of the molecule is CCC(C)OC(=O)[C@H](C)N=[P+]([O-])Oc1ccccc1OC[C@H]1O[C@@H](n2ccc(=O)[nH]c2=O)[C@](C)(F)[C@@H]1O. The summed E-state index contributed by atoms with van der Waals surface area (Å²) in [6.45, 7) is 5.72. The van der Waals surface area contributed by atoms with Gasteiger partial charge in [-0.25, -0.2) is 14.0 Å². The largest absolute Gasteiger partial charge is 0.575 e. The van der Waals surface area contributed by atoms with Crippen LogP contribution >= 0.6 is 8.17 Å². The van der Waals surface area contributed by atoms with Crippen molar-refractivity contribution >= 4 is 14.1 Å². The first-order valence-electron chi connectivity index (χ1n) is 11.6. The van der Waals surface area contributed by atoms with Gasteiger partial charge in [-0.2, -0.15) is 0 Å². The monoisotopic (exact) mass is 541 g/mol. The molecule has 0 spiro atoms. The van der Waals surface area contributed by atoms with E-state index in [1.165, 1.54) is 19.1 Å². The van der Waals surface area contributed by atoms with Gasteiger partial charge in [0.1, 0.15) is 18.8 Å². The Hall–Kier alpha value is -3.12. The number of aromatic amines is 1. The van der Waals surface area contributed by atoms with E-state index in [0.717, 1.165) is 23.8 Å². The van der Waals surface area contributed by atoms with Crippen LogP contribution in [0.3, 0.4) is 0 Å². The van der Waals surface area contributed by atoms with Gasteiger partial charge in [-0.15, -0.1) is 0 Å². The molecule has 0 saturated carbocycles. The van der Waals surface area contributed by atoms with Crippen molar-refractivity contribution in [3.05, 3.63) is 57.4 Å². The molecule has 1 aliphatic heterocycles. The predicted octanol–water partition coefficient (Wildman–Crippen LogP) is 1.57. The number of benzene rings is 1. The number of hydrogen-bond acceptors (Lipinski definition) is 10. The van der Waals surface area contributed by atoms with Gasteiger partial charge in [0.25, 0.3) is 5.56 Å². The van der Waals surface area contributed by atoms with Gasteiger partial charge < -0.3 is 24.2 Å². The van der Waals surface area contributed by atoms with Crippen molar-refractivity contribution in [3.8, 4) is 11.5 Å². The number of carbonyl (C=O) groups is 1. The van der Waals surface area contributed by atoms with Gasteiger partial charge in [-0.3, -0.25) is 18.9 Å². The molecule has 2 unspecified atom stereocenters. The number of nitrogens with zero attached hydrogens (tertiary/aromatic N) is 2. The average molecular weight is 541 g/mol. The summed E-state index contributed by atoms with van der Waals surface area (Å²) >= 11 is 0. The maximum absolute atomic E-state index is 15.4. The summed E-state index contributed by atoms with van der Waals surface area (Å²) in [4.78, 5) is 49.9. The summed E-state index contributed by atoms with van der Waals surface area (Å²) in [6, 6.07) is 6.13. The fraction of sp³-hybridized carbons (Fsp3) is 0.522. The quantitative estimate of drug-likeness (QED) is 0.335. The highest BCUT2D eigenvalue weighted by Crippen LogP contribution is 2.41. The van der Waals surface area contributed by atoms with Gasteiger partial charge in [-0.1, -0.05) is 23.8 Å². The standard InChI is InChI=1S/C23H29FN3O9P/c1-5-13(2)34-20(30)14(3)26-37(32)36-16-9-7-6-8-15(16)33-12-17-19(29)23(4,24)21(35-17)27-11-10-18(28)25-22(27)31/h6-11,13-14,17,19,21,29H,5,12H2,1-4H3,(H,25,28,31)/t13?,14-,17+,19+,21+,23+/m0/s1. The van der Waals surface area contributed by atoms with E-state index in [0.29, 0.717) is 6.42 Å². The number of hydrogen-bond donors (Lipinski definition) is 2. The lowest BCUT2D eigenvalue weighted by Gasteiger charge is -2.24. The number of ether oxygens (including phenoxy) is 3. The van der Waals surface area contributed by atoms with Crippen molar-refractivity contribution in [2.45, 2.75) is 70.4 Å². The van der Waals surface area contributed by atoms with Crippen molar-refractivity contribution < 1.29 is 37.9 Å². The van der Waals surface area contributed by atoms with Gasteiger partial charge in [0.15, 0.2) is 23.7 Å². The lowest BCUT2D eigenvalue weighted by atomic mass is 9.98. The molecule has 1 aromatic heterocycles. The van der Waals surface area contributed by atoms with Crippen LogP contribution in [-0.4, -0.2) is 57.3 Å². The summed E-state index contributed by atoms with van der Waals surface area (Å²) in [6.07, 6.45) is -3.04. The van der Waals surface area contributed by atoms with Crippen LogP contribution in [0, 0.1) is 0 Å². The topological polar surface area (TPSA) is 164 Å². The smallest absolute Gasteiger partial charge is 0.395 e. The van der Waals surface area contributed by atoms with Gasteiger partial charge in [0.05, 0.1) is 6.10 Å². The van der Waals surface area contributed by atoms with Gasteiger partial charge in [-0.05, 0) is 39.3 Å². The Morgan fingerprint density at radius 3 is 2.65 bits per heavy atom. The molecule has 14 heteroatoms. The molecule has 3 rings (SSSR count). The van der Waals surface area contributed by atoms with E-state index in [4.69, 9.17) is 18.7 Å². The number of aliphatic hydroxyl groups is 1. The maximum atomic E-state index is 15.4. The lowest BCUT2D eigenvalue weighted by Crippen LogP contribution is -2.43. The van der Waals surface area contributed by atoms with E-state index in [1.54, 1.807) is 19.1 Å². The highest BCUT2D eigenvalue weighted by Gasteiger charge is 2.55. The van der Waals surface area contributed by atoms with Crippen molar-refractivity contribution in [1.82, 2.24) is 9.55 Å². The first-order valence-corrected chi connectivity index (χ1v) is 12.7. The van der Waals surface area contributed by atoms with Crippen LogP contribution in [0.15, 0.2) is 50.9 Å². The van der Waals surface area contributed by atoms with E-state index in [1.807, 2.05) is 11.9 Å². The number of carbonyl (C=O) groups excluding carboxylic acids is 1. The predicted molar refractivity (Wildman–Crippen MR) is 128 cm³/mol. The normalized spacial score (nSPS) is 25.4. The molecule has 2 aromatic rings. The van der Waals surface area contributed by atoms with Crippen LogP contribution < -0.4 is 25.4 Å². The third kappa shape index (κ3) is 6.80. The van der Waals surface area contributed by atoms with Crippen molar-refractivity contribution in [3.63, 3.8) is 0 Å². The number of alkyl halides is 1. The lowest BCUT2D eigenvalue weighted by molar-refractivity contribution is -0.170. The van der Waals surface area contributed by atoms with Crippen molar-refractivity contribution in [1.29, 1.82) is 0 Å². The Labute approximate surface area is 212 Å². The molecule has 0 aliphatic carbocycles. The minimum Gasteiger partial charge on any atom is -0.575 e. The number of H-pyrrole nitrogens is 1. The van der Waals surface area contributed by atoms with E-state index in [2.05, 4.69) is 4.74 Å². The molecule has 1 saturated heterocycles. The summed E-state index contributed by atoms with van der Waals surface area (Å²) in [5, 5.41) is 10.5. The Kier molecular flexibility index (Phi) is 9.19. The summed E-state index contributed by atoms with van der Waals surface area (Å²) in [5.41, 5.74) is -3.96. The highest BCUT2D eigenvalue weighted by molar-refractivity contribution is 7.34. The molecule has 0 radical (unpaired) electrons. The number of nitrogens with one attached hydrogen (secondary N) is 1. The molecule has 12 nitrogen and oxygen atoms in total. The fourth-order valence-corrected chi connectivity index (χ4v) is 4.20. The first-order chi connectivity index (χ1) is 17.4. The molecule has 0 bridgehead atoms. The second kappa shape index (κ2) is 12.0. The van der Waals surface area contributed by atoms with Crippen LogP contribution in [0.4, 0.5) is 4.39 Å². The summed E-state index contributed by atoms with van der Waals surface area (Å²) in [7, 11) is -2.68. The third-order valence-corrected chi connectivity index (χ3v) is 6.64. The zero-order chi connectivity index (χ0) is 27.3. The number of aromatic nitrogens is 2. The minimum absolute atomic E-state index is 0.0266. The molecular formula is C23H29FN3O9P. The zero-order valence-electron chi connectivity index (χ0n) is 20.7. The highest BCUT2D eigenvalue weighted by atomic mass is 31.1. The van der Waals surface area contributed by atoms with Crippen LogP contribution in [0.5, 0.6) is 11.5 Å². The number of halogens is 1. The van der Waals surface area contributed by atoms with Gasteiger partial charge in [0, 0.05) is 12.3 Å². The molecule has 0 amide bonds. The Morgan fingerprint density at radius 1 is 1.32 bits per heavy atom. The number of aliphatic hydroxyl groups excluding tert-OH is 1. The van der Waals surface area contributed by atoms with E-state index < -0.39 is 55.5 Å². The Morgan fingerprint density at radius 2 is 2.00 bits per heavy atom. The van der Waals surface area contributed by atoms with Crippen molar-refractivity contribution in [2.24, 2.45) is 4.74 Å². The van der Waals surface area contributed by atoms with Crippen LogP contribution in [0.2, 0.25) is 0 Å². The summed E-state index contributed by atoms with van der Waals surface area (Å²) < 4.78 is 41.8. The van der Waals surface area contributed by atoms with Gasteiger partial charge in [0.2, 0.25) is 5.75 Å². The second-order valence-electron chi connectivity index (χ2n) is 8.67. The zero-order valence-corrected chi connectivity index (χ0v) is 21.6. The third-order valence-electron chi connectivity index (χ3n) is 5.75. The first kappa shape index (κ1) is 28.5. The summed E-state index contributed by atoms with van der Waals surface area (Å²) in [5.74, 6) is -0.515. The molecule has 1 aliphatic rings. The molecule has 2 heterocycles. The molecule has 1 fully saturated rings. The molecule has 202 valence electrons. The van der Waals surface area contributed by atoms with Crippen molar-refractivity contribution in [2.75, 3.05) is 6.61 Å². The molecule has 1 aromatic carbocycles. The van der Waals surface area contributed by atoms with E-state index in [9.17, 15) is 24.4 Å². The molecule has 7 atom stereocenters. The second-order valence-corrected chi connectivity index (χ2v) is 9.56.